The quantitative estimate of drug-likeness (QED) is 0.832. The number of rotatable bonds is 2. The van der Waals surface area contributed by atoms with Crippen molar-refractivity contribution >= 4 is 23.2 Å². The average Bonchev–Trinajstić information content (AvgIpc) is 2.33. The Morgan fingerprint density at radius 2 is 2.24 bits per heavy atom. The van der Waals surface area contributed by atoms with Crippen molar-refractivity contribution in [3.63, 3.8) is 0 Å². The first kappa shape index (κ1) is 12.3. The monoisotopic (exact) mass is 255 g/mol. The summed E-state index contributed by atoms with van der Waals surface area (Å²) in [5.74, 6) is -0.240. The van der Waals surface area contributed by atoms with Gasteiger partial charge in [-0.15, -0.1) is 0 Å². The molecule has 2 heterocycles. The highest BCUT2D eigenvalue weighted by Crippen LogP contribution is 2.23. The maximum atomic E-state index is 12.1. The van der Waals surface area contributed by atoms with Crippen molar-refractivity contribution in [1.82, 2.24) is 4.98 Å². The maximum absolute atomic E-state index is 12.1. The second-order valence-electron chi connectivity index (χ2n) is 4.08. The fourth-order valence-corrected chi connectivity index (χ4v) is 1.83. The van der Waals surface area contributed by atoms with Gasteiger partial charge in [-0.1, -0.05) is 11.6 Å². The number of aromatic nitrogens is 1. The van der Waals surface area contributed by atoms with Gasteiger partial charge in [0.05, 0.1) is 16.9 Å². The van der Waals surface area contributed by atoms with Gasteiger partial charge in [-0.3, -0.25) is 9.78 Å². The smallest absolute Gasteiger partial charge is 0.244 e. The summed E-state index contributed by atoms with van der Waals surface area (Å²) in [6, 6.07) is 1.62. The van der Waals surface area contributed by atoms with Crippen LogP contribution in [0.2, 0.25) is 5.02 Å². The molecule has 2 rings (SSSR count). The van der Waals surface area contributed by atoms with Crippen LogP contribution in [0.25, 0.3) is 0 Å². The van der Waals surface area contributed by atoms with Crippen LogP contribution in [0, 0.1) is 0 Å². The number of anilines is 1. The van der Waals surface area contributed by atoms with E-state index >= 15 is 0 Å². The van der Waals surface area contributed by atoms with Gasteiger partial charge in [0.2, 0.25) is 5.91 Å². The summed E-state index contributed by atoms with van der Waals surface area (Å²) in [6.07, 6.45) is 4.08. The van der Waals surface area contributed by atoms with Crippen molar-refractivity contribution in [3.05, 3.63) is 23.5 Å². The van der Waals surface area contributed by atoms with E-state index < -0.39 is 5.54 Å². The van der Waals surface area contributed by atoms with Crippen LogP contribution >= 0.6 is 11.6 Å². The molecule has 1 aromatic rings. The van der Waals surface area contributed by atoms with Crippen LogP contribution in [0.4, 0.5) is 5.69 Å². The first-order chi connectivity index (χ1) is 8.12. The number of carbonyl (C=O) groups is 1. The van der Waals surface area contributed by atoms with E-state index in [1.807, 2.05) is 0 Å². The summed E-state index contributed by atoms with van der Waals surface area (Å²) in [6.45, 7) is 1.01. The third-order valence-corrected chi connectivity index (χ3v) is 3.18. The van der Waals surface area contributed by atoms with Gasteiger partial charge in [-0.25, -0.2) is 0 Å². The summed E-state index contributed by atoms with van der Waals surface area (Å²) in [5.41, 5.74) is 5.65. The van der Waals surface area contributed by atoms with E-state index in [-0.39, 0.29) is 5.91 Å². The fourth-order valence-electron chi connectivity index (χ4n) is 1.68. The van der Waals surface area contributed by atoms with Crippen LogP contribution < -0.4 is 11.1 Å². The lowest BCUT2D eigenvalue weighted by atomic mass is 9.90. The molecule has 17 heavy (non-hydrogen) atoms. The Morgan fingerprint density at radius 3 is 2.88 bits per heavy atom. The molecule has 0 spiro atoms. The van der Waals surface area contributed by atoms with Gasteiger partial charge in [0.15, 0.2) is 0 Å². The molecule has 1 amide bonds. The highest BCUT2D eigenvalue weighted by atomic mass is 35.5. The molecule has 5 nitrogen and oxygen atoms in total. The first-order valence-corrected chi connectivity index (χ1v) is 5.77. The second-order valence-corrected chi connectivity index (χ2v) is 4.49. The van der Waals surface area contributed by atoms with Crippen LogP contribution in [-0.4, -0.2) is 29.6 Å². The number of pyridine rings is 1. The van der Waals surface area contributed by atoms with E-state index in [4.69, 9.17) is 22.1 Å². The first-order valence-electron chi connectivity index (χ1n) is 5.39. The van der Waals surface area contributed by atoms with Gasteiger partial charge in [0.1, 0.15) is 5.54 Å². The summed E-state index contributed by atoms with van der Waals surface area (Å²) >= 11 is 5.93. The minimum Gasteiger partial charge on any atom is -0.381 e. The van der Waals surface area contributed by atoms with Gasteiger partial charge in [-0.05, 0) is 18.9 Å². The lowest BCUT2D eigenvalue weighted by Gasteiger charge is -2.31. The van der Waals surface area contributed by atoms with Crippen LogP contribution in [0.3, 0.4) is 0 Å². The molecule has 0 bridgehead atoms. The third kappa shape index (κ3) is 2.74. The number of nitrogens with zero attached hydrogens (tertiary/aromatic N) is 1. The van der Waals surface area contributed by atoms with Crippen LogP contribution in [0.15, 0.2) is 18.5 Å². The second kappa shape index (κ2) is 5.00. The Balaban J connectivity index is 2.08. The van der Waals surface area contributed by atoms with Crippen LogP contribution in [0.5, 0.6) is 0 Å². The van der Waals surface area contributed by atoms with Gasteiger partial charge < -0.3 is 15.8 Å². The summed E-state index contributed by atoms with van der Waals surface area (Å²) < 4.78 is 5.19. The standard InChI is InChI=1S/C11H14ClN3O2/c12-8-1-4-14-7-9(8)15-10(16)11(13)2-5-17-6-3-11/h1,4,7H,2-3,5-6,13H2,(H,15,16). The number of hydrogen-bond acceptors (Lipinski definition) is 4. The van der Waals surface area contributed by atoms with E-state index in [1.165, 1.54) is 6.20 Å². The zero-order valence-electron chi connectivity index (χ0n) is 9.28. The Bertz CT molecular complexity index is 419. The molecule has 0 atom stereocenters. The molecule has 0 radical (unpaired) electrons. The van der Waals surface area contributed by atoms with Crippen molar-refractivity contribution in [2.24, 2.45) is 5.73 Å². The van der Waals surface area contributed by atoms with Crippen LogP contribution in [-0.2, 0) is 9.53 Å². The maximum Gasteiger partial charge on any atom is 0.244 e. The minimum absolute atomic E-state index is 0.240. The summed E-state index contributed by atoms with van der Waals surface area (Å²) in [5, 5.41) is 3.15. The SMILES string of the molecule is NC1(C(=O)Nc2cnccc2Cl)CCOCC1. The lowest BCUT2D eigenvalue weighted by molar-refractivity contribution is -0.124. The van der Waals surface area contributed by atoms with Gasteiger partial charge in [0, 0.05) is 19.4 Å². The molecule has 92 valence electrons. The number of amides is 1. The largest absolute Gasteiger partial charge is 0.381 e. The predicted octanol–water partition coefficient (Wildman–Crippen LogP) is 1.18. The Hall–Kier alpha value is -1.17. The number of carbonyl (C=O) groups excluding carboxylic acids is 1. The van der Waals surface area contributed by atoms with Crippen molar-refractivity contribution < 1.29 is 9.53 Å². The van der Waals surface area contributed by atoms with E-state index in [0.717, 1.165) is 0 Å². The Kier molecular flexibility index (Phi) is 3.61. The topological polar surface area (TPSA) is 77.2 Å². The summed E-state index contributed by atoms with van der Waals surface area (Å²) in [4.78, 5) is 16.0. The average molecular weight is 256 g/mol. The van der Waals surface area contributed by atoms with E-state index in [1.54, 1.807) is 12.3 Å². The van der Waals surface area contributed by atoms with Crippen molar-refractivity contribution in [3.8, 4) is 0 Å². The zero-order valence-corrected chi connectivity index (χ0v) is 10.0. The van der Waals surface area contributed by atoms with E-state index in [9.17, 15) is 4.79 Å². The predicted molar refractivity (Wildman–Crippen MR) is 64.8 cm³/mol. The number of halogens is 1. The number of ether oxygens (including phenoxy) is 1. The Morgan fingerprint density at radius 1 is 1.53 bits per heavy atom. The van der Waals surface area contributed by atoms with Gasteiger partial charge >= 0.3 is 0 Å². The number of hydrogen-bond donors (Lipinski definition) is 2. The number of nitrogens with two attached hydrogens (primary N) is 1. The van der Waals surface area contributed by atoms with Crippen molar-refractivity contribution in [1.29, 1.82) is 0 Å². The molecule has 1 aromatic heterocycles. The van der Waals surface area contributed by atoms with E-state index in [2.05, 4.69) is 10.3 Å². The lowest BCUT2D eigenvalue weighted by Crippen LogP contribution is -2.54. The van der Waals surface area contributed by atoms with Gasteiger partial charge in [-0.2, -0.15) is 0 Å². The van der Waals surface area contributed by atoms with Crippen LogP contribution in [0.1, 0.15) is 12.8 Å². The molecule has 0 saturated carbocycles. The molecule has 3 N–H and O–H groups in total. The molecule has 1 aliphatic rings. The highest BCUT2D eigenvalue weighted by molar-refractivity contribution is 6.33. The molecule has 0 aromatic carbocycles. The minimum atomic E-state index is -0.878. The molecule has 1 aliphatic heterocycles. The molecular formula is C11H14ClN3O2. The number of nitrogens with one attached hydrogen (secondary N) is 1. The molecular weight excluding hydrogens is 242 g/mol. The Labute approximate surface area is 104 Å². The van der Waals surface area contributed by atoms with E-state index in [0.29, 0.717) is 36.8 Å². The molecule has 0 unspecified atom stereocenters. The zero-order chi connectivity index (χ0) is 12.3. The van der Waals surface area contributed by atoms with Crippen molar-refractivity contribution in [2.75, 3.05) is 18.5 Å². The molecule has 0 aliphatic carbocycles. The molecule has 1 fully saturated rings. The highest BCUT2D eigenvalue weighted by Gasteiger charge is 2.36. The third-order valence-electron chi connectivity index (χ3n) is 2.85. The van der Waals surface area contributed by atoms with Crippen molar-refractivity contribution in [2.45, 2.75) is 18.4 Å². The normalized spacial score (nSPS) is 18.7. The fraction of sp³-hybridized carbons (Fsp3) is 0.455. The van der Waals surface area contributed by atoms with Gasteiger partial charge in [0.25, 0.3) is 0 Å². The molecule has 1 saturated heterocycles. The molecule has 6 heteroatoms. The summed E-state index contributed by atoms with van der Waals surface area (Å²) in [7, 11) is 0.